The zero-order valence-electron chi connectivity index (χ0n) is 19.4. The maximum Gasteiger partial charge on any atom is 0.344 e. The van der Waals surface area contributed by atoms with Crippen molar-refractivity contribution >= 4 is 38.5 Å². The monoisotopic (exact) mass is 458 g/mol. The van der Waals surface area contributed by atoms with Gasteiger partial charge in [0.05, 0.1) is 23.2 Å². The summed E-state index contributed by atoms with van der Waals surface area (Å²) in [5.41, 5.74) is 6.70. The first-order chi connectivity index (χ1) is 16.5. The van der Waals surface area contributed by atoms with Crippen LogP contribution in [0.4, 0.5) is 0 Å². The maximum absolute atomic E-state index is 11.8. The van der Waals surface area contributed by atoms with Crippen LogP contribution in [0.5, 0.6) is 11.6 Å². The molecule has 3 aromatic heterocycles. The molecule has 6 rings (SSSR count). The van der Waals surface area contributed by atoms with Crippen molar-refractivity contribution in [1.82, 2.24) is 19.3 Å². The van der Waals surface area contributed by atoms with E-state index in [0.717, 1.165) is 63.3 Å². The van der Waals surface area contributed by atoms with Gasteiger partial charge in [0, 0.05) is 58.8 Å². The van der Waals surface area contributed by atoms with E-state index >= 15 is 0 Å². The number of carbonyl (C=O) groups excluding carboxylic acids is 1. The third-order valence-electron chi connectivity index (χ3n) is 6.77. The van der Waals surface area contributed by atoms with Crippen LogP contribution >= 0.6 is 0 Å². The molecule has 174 valence electrons. The van der Waals surface area contributed by atoms with E-state index in [-0.39, 0.29) is 12.5 Å². The van der Waals surface area contributed by atoms with E-state index in [1.165, 1.54) is 11.1 Å². The van der Waals surface area contributed by atoms with Gasteiger partial charge in [-0.1, -0.05) is 0 Å². The zero-order valence-corrected chi connectivity index (χ0v) is 19.4. The Morgan fingerprint density at radius 1 is 1.21 bits per heavy atom. The van der Waals surface area contributed by atoms with E-state index in [0.29, 0.717) is 12.4 Å². The molecule has 0 aliphatic heterocycles. The largest absolute Gasteiger partial charge is 0.494 e. The topological polar surface area (TPSA) is 94.3 Å². The number of H-pyrrole nitrogens is 1. The van der Waals surface area contributed by atoms with Gasteiger partial charge in [-0.05, 0) is 50.5 Å². The van der Waals surface area contributed by atoms with E-state index in [4.69, 9.17) is 9.47 Å². The quantitative estimate of drug-likeness (QED) is 0.380. The van der Waals surface area contributed by atoms with Crippen LogP contribution < -0.4 is 4.74 Å². The third-order valence-corrected chi connectivity index (χ3v) is 6.77. The van der Waals surface area contributed by atoms with Crippen molar-refractivity contribution in [3.05, 3.63) is 41.9 Å². The van der Waals surface area contributed by atoms with Crippen LogP contribution in [0.2, 0.25) is 0 Å². The highest BCUT2D eigenvalue weighted by Gasteiger charge is 2.29. The number of nitrogens with one attached hydrogen (secondary N) is 1. The van der Waals surface area contributed by atoms with Gasteiger partial charge in [-0.3, -0.25) is 4.68 Å². The lowest BCUT2D eigenvalue weighted by Crippen LogP contribution is -2.14. The highest BCUT2D eigenvalue weighted by Crippen LogP contribution is 2.49. The number of benzene rings is 2. The van der Waals surface area contributed by atoms with Gasteiger partial charge in [-0.15, -0.1) is 0 Å². The van der Waals surface area contributed by atoms with Crippen LogP contribution in [0.25, 0.3) is 43.7 Å². The van der Waals surface area contributed by atoms with Gasteiger partial charge in [-0.2, -0.15) is 5.10 Å². The number of hydrogen-bond acceptors (Lipinski definition) is 5. The molecule has 0 unspecified atom stereocenters. The third kappa shape index (κ3) is 2.84. The number of aromatic nitrogens is 4. The number of fused-ring (bicyclic) bond motifs is 10. The Labute approximate surface area is 195 Å². The molecule has 2 aromatic carbocycles. The summed E-state index contributed by atoms with van der Waals surface area (Å²) in [4.78, 5) is 14.8. The number of hydrogen-bond donors (Lipinski definition) is 2. The van der Waals surface area contributed by atoms with Crippen molar-refractivity contribution in [2.75, 3.05) is 13.2 Å². The van der Waals surface area contributed by atoms with Crippen LogP contribution in [0.15, 0.2) is 30.6 Å². The van der Waals surface area contributed by atoms with E-state index in [1.54, 1.807) is 6.92 Å². The normalized spacial score (nSPS) is 12.9. The number of nitrogens with zero attached hydrogens (tertiary/aromatic N) is 3. The van der Waals surface area contributed by atoms with Crippen molar-refractivity contribution in [3.8, 4) is 22.8 Å². The molecule has 0 amide bonds. The van der Waals surface area contributed by atoms with Crippen LogP contribution in [0.1, 0.15) is 25.1 Å². The van der Waals surface area contributed by atoms with Crippen molar-refractivity contribution in [1.29, 1.82) is 0 Å². The summed E-state index contributed by atoms with van der Waals surface area (Å²) in [6.07, 6.45) is 5.63. The minimum absolute atomic E-state index is 0.134. The van der Waals surface area contributed by atoms with E-state index in [9.17, 15) is 9.90 Å². The number of carbonyl (C=O) groups is 1. The first-order valence-corrected chi connectivity index (χ1v) is 11.6. The second kappa shape index (κ2) is 7.55. The fourth-order valence-electron chi connectivity index (χ4n) is 5.53. The standard InChI is InChI=1S/C26H26N4O4/c1-4-30-20-9-6-14(34-13-21(31)33-5-2)10-16(20)23-17-11-27-26(32)24(17)22-15(25(23)30)7-8-19-18(22)12-29(3)28-19/h6,9-12,27,32H,4-5,7-8,13H2,1-3H3. The van der Waals surface area contributed by atoms with Gasteiger partial charge in [0.25, 0.3) is 0 Å². The number of esters is 1. The molecule has 0 saturated carbocycles. The van der Waals surface area contributed by atoms with Gasteiger partial charge in [0.15, 0.2) is 12.5 Å². The molecule has 1 aliphatic carbocycles. The lowest BCUT2D eigenvalue weighted by molar-refractivity contribution is -0.145. The number of ether oxygens (including phenoxy) is 2. The lowest BCUT2D eigenvalue weighted by atomic mass is 9.85. The Hall–Kier alpha value is -3.94. The molecule has 34 heavy (non-hydrogen) atoms. The minimum Gasteiger partial charge on any atom is -0.494 e. The summed E-state index contributed by atoms with van der Waals surface area (Å²) in [7, 11) is 1.94. The summed E-state index contributed by atoms with van der Waals surface area (Å²) in [6.45, 7) is 4.91. The molecule has 8 heteroatoms. The lowest BCUT2D eigenvalue weighted by Gasteiger charge is -2.20. The minimum atomic E-state index is -0.391. The van der Waals surface area contributed by atoms with Gasteiger partial charge >= 0.3 is 5.97 Å². The smallest absolute Gasteiger partial charge is 0.344 e. The SMILES string of the molecule is CCOC(=O)COc1ccc2c(c1)c1c3c[nH]c(O)c3c3c(c1n2CC)CCc1nn(C)cc1-3. The van der Waals surface area contributed by atoms with Crippen LogP contribution in [0.3, 0.4) is 0 Å². The van der Waals surface area contributed by atoms with Crippen molar-refractivity contribution in [2.45, 2.75) is 33.2 Å². The van der Waals surface area contributed by atoms with E-state index in [1.807, 2.05) is 42.3 Å². The van der Waals surface area contributed by atoms with Gasteiger partial charge < -0.3 is 24.1 Å². The molecule has 3 heterocycles. The molecular weight excluding hydrogens is 432 g/mol. The summed E-state index contributed by atoms with van der Waals surface area (Å²) in [6, 6.07) is 5.92. The molecule has 0 radical (unpaired) electrons. The molecule has 8 nitrogen and oxygen atoms in total. The second-order valence-corrected chi connectivity index (χ2v) is 8.68. The fourth-order valence-corrected chi connectivity index (χ4v) is 5.53. The molecule has 2 N–H and O–H groups in total. The summed E-state index contributed by atoms with van der Waals surface area (Å²) < 4.78 is 14.9. The molecule has 0 fully saturated rings. The summed E-state index contributed by atoms with van der Waals surface area (Å²) in [5.74, 6) is 0.380. The Kier molecular flexibility index (Phi) is 4.58. The van der Waals surface area contributed by atoms with Gasteiger partial charge in [0.1, 0.15) is 5.75 Å². The average molecular weight is 459 g/mol. The zero-order chi connectivity index (χ0) is 23.6. The predicted molar refractivity (Wildman–Crippen MR) is 130 cm³/mol. The first kappa shape index (κ1) is 20.7. The maximum atomic E-state index is 11.8. The Morgan fingerprint density at radius 3 is 2.85 bits per heavy atom. The number of rotatable bonds is 5. The van der Waals surface area contributed by atoms with Gasteiger partial charge in [0.2, 0.25) is 0 Å². The van der Waals surface area contributed by atoms with Crippen molar-refractivity contribution < 1.29 is 19.4 Å². The molecule has 0 atom stereocenters. The highest BCUT2D eigenvalue weighted by atomic mass is 16.6. The Balaban J connectivity index is 1.66. The molecule has 0 spiro atoms. The molecule has 0 bridgehead atoms. The fraction of sp³-hybridized carbons (Fsp3) is 0.308. The molecular formula is C26H26N4O4. The van der Waals surface area contributed by atoms with Crippen molar-refractivity contribution in [3.63, 3.8) is 0 Å². The highest BCUT2D eigenvalue weighted by molar-refractivity contribution is 6.26. The number of aryl methyl sites for hydroxylation is 4. The summed E-state index contributed by atoms with van der Waals surface area (Å²) in [5, 5.41) is 19.4. The Bertz CT molecular complexity index is 1600. The van der Waals surface area contributed by atoms with Crippen molar-refractivity contribution in [2.24, 2.45) is 7.05 Å². The number of aromatic hydroxyl groups is 1. The molecule has 5 aromatic rings. The predicted octanol–water partition coefficient (Wildman–Crippen LogP) is 4.44. The van der Waals surface area contributed by atoms with Gasteiger partial charge in [-0.25, -0.2) is 4.79 Å². The van der Waals surface area contributed by atoms with Crippen LogP contribution in [0, 0.1) is 0 Å². The Morgan fingerprint density at radius 2 is 2.06 bits per heavy atom. The average Bonchev–Trinajstić information content (AvgIpc) is 3.49. The number of aromatic amines is 1. The first-order valence-electron chi connectivity index (χ1n) is 11.6. The van der Waals surface area contributed by atoms with E-state index < -0.39 is 5.97 Å². The van der Waals surface area contributed by atoms with E-state index in [2.05, 4.69) is 21.6 Å². The molecule has 1 aliphatic rings. The second-order valence-electron chi connectivity index (χ2n) is 8.68. The van der Waals surface area contributed by atoms with Crippen LogP contribution in [-0.2, 0) is 36.0 Å². The summed E-state index contributed by atoms with van der Waals surface area (Å²) >= 11 is 0. The van der Waals surface area contributed by atoms with Crippen LogP contribution in [-0.4, -0.2) is 43.6 Å². The molecule has 0 saturated heterocycles.